The van der Waals surface area contributed by atoms with Crippen LogP contribution in [0.1, 0.15) is 11.4 Å². The van der Waals surface area contributed by atoms with Crippen molar-refractivity contribution in [3.05, 3.63) is 26.9 Å². The second-order valence-corrected chi connectivity index (χ2v) is 5.70. The summed E-state index contributed by atoms with van der Waals surface area (Å²) in [6.07, 6.45) is 4.25. The topological polar surface area (TPSA) is 16.1 Å². The summed E-state index contributed by atoms with van der Waals surface area (Å²) >= 11 is 4.97. The molecule has 5 heteroatoms. The van der Waals surface area contributed by atoms with Crippen LogP contribution in [-0.2, 0) is 6.54 Å². The predicted molar refractivity (Wildman–Crippen MR) is 58.9 cm³/mol. The van der Waals surface area contributed by atoms with E-state index in [2.05, 4.69) is 25.8 Å². The Kier molecular flexibility index (Phi) is 3.30. The van der Waals surface area contributed by atoms with Gasteiger partial charge in [-0.2, -0.15) is 0 Å². The fourth-order valence-electron chi connectivity index (χ4n) is 1.45. The average Bonchev–Trinajstić information content (AvgIpc) is 2.51. The second-order valence-electron chi connectivity index (χ2n) is 3.21. The third kappa shape index (κ3) is 2.62. The Hall–Kier alpha value is -0.260. The van der Waals surface area contributed by atoms with Gasteiger partial charge in [-0.1, -0.05) is 6.08 Å². The molecule has 0 spiro atoms. The molecule has 0 atom stereocenters. The highest BCUT2D eigenvalue weighted by atomic mass is 79.9. The molecule has 76 valence electrons. The first kappa shape index (κ1) is 10.3. The van der Waals surface area contributed by atoms with E-state index in [4.69, 9.17) is 0 Å². The molecular weight excluding hydrogens is 267 g/mol. The first-order valence-electron chi connectivity index (χ1n) is 4.41. The minimum Gasteiger partial charge on any atom is -0.290 e. The number of aromatic nitrogens is 1. The van der Waals surface area contributed by atoms with E-state index in [1.54, 1.807) is 23.6 Å². The van der Waals surface area contributed by atoms with Crippen LogP contribution in [0.25, 0.3) is 0 Å². The number of halogens is 2. The maximum absolute atomic E-state index is 12.9. The third-order valence-electron chi connectivity index (χ3n) is 2.07. The summed E-state index contributed by atoms with van der Waals surface area (Å²) in [6, 6.07) is 0. The van der Waals surface area contributed by atoms with Crippen molar-refractivity contribution < 1.29 is 4.39 Å². The summed E-state index contributed by atoms with van der Waals surface area (Å²) in [5.41, 5.74) is 0. The van der Waals surface area contributed by atoms with Crippen LogP contribution in [0, 0.1) is 0 Å². The Morgan fingerprint density at radius 1 is 1.64 bits per heavy atom. The highest BCUT2D eigenvalue weighted by Gasteiger charge is 2.13. The lowest BCUT2D eigenvalue weighted by Gasteiger charge is -2.22. The molecule has 1 aromatic rings. The molecule has 0 bridgehead atoms. The summed E-state index contributed by atoms with van der Waals surface area (Å²) in [7, 11) is 0. The van der Waals surface area contributed by atoms with Gasteiger partial charge in [0.15, 0.2) is 0 Å². The Morgan fingerprint density at radius 3 is 3.14 bits per heavy atom. The van der Waals surface area contributed by atoms with Gasteiger partial charge in [0.25, 0.3) is 0 Å². The van der Waals surface area contributed by atoms with Crippen molar-refractivity contribution in [3.63, 3.8) is 0 Å². The van der Waals surface area contributed by atoms with Crippen LogP contribution in [0.2, 0.25) is 0 Å². The summed E-state index contributed by atoms with van der Waals surface area (Å²) in [4.78, 5) is 6.29. The molecule has 1 aliphatic heterocycles. The van der Waals surface area contributed by atoms with Gasteiger partial charge in [-0.3, -0.25) is 4.90 Å². The Balaban J connectivity index is 1.95. The fourth-order valence-corrected chi connectivity index (χ4v) is 2.79. The van der Waals surface area contributed by atoms with Crippen LogP contribution in [0.3, 0.4) is 0 Å². The lowest BCUT2D eigenvalue weighted by Crippen LogP contribution is -2.28. The van der Waals surface area contributed by atoms with E-state index in [1.807, 2.05) is 0 Å². The lowest BCUT2D eigenvalue weighted by molar-refractivity contribution is 0.259. The van der Waals surface area contributed by atoms with Crippen molar-refractivity contribution in [2.45, 2.75) is 13.0 Å². The van der Waals surface area contributed by atoms with Crippen molar-refractivity contribution in [3.8, 4) is 0 Å². The van der Waals surface area contributed by atoms with Crippen molar-refractivity contribution >= 4 is 27.3 Å². The normalized spacial score (nSPS) is 18.3. The number of nitrogens with zero attached hydrogens (tertiary/aromatic N) is 2. The van der Waals surface area contributed by atoms with Crippen molar-refractivity contribution in [2.75, 3.05) is 13.1 Å². The summed E-state index contributed by atoms with van der Waals surface area (Å²) in [5, 5.41) is 1.03. The van der Waals surface area contributed by atoms with E-state index in [-0.39, 0.29) is 5.83 Å². The Labute approximate surface area is 94.6 Å². The second kappa shape index (κ2) is 4.51. The van der Waals surface area contributed by atoms with Gasteiger partial charge in [-0.15, -0.1) is 11.3 Å². The molecule has 0 saturated carbocycles. The maximum atomic E-state index is 12.9. The minimum atomic E-state index is -0.0214. The molecule has 1 aliphatic rings. The number of rotatable bonds is 2. The molecule has 14 heavy (non-hydrogen) atoms. The van der Waals surface area contributed by atoms with Gasteiger partial charge in [-0.05, 0) is 22.4 Å². The van der Waals surface area contributed by atoms with Crippen LogP contribution in [-0.4, -0.2) is 23.0 Å². The van der Waals surface area contributed by atoms with E-state index in [0.717, 1.165) is 28.3 Å². The van der Waals surface area contributed by atoms with E-state index < -0.39 is 0 Å². The van der Waals surface area contributed by atoms with Gasteiger partial charge in [0.2, 0.25) is 0 Å². The molecule has 2 nitrogen and oxygen atoms in total. The monoisotopic (exact) mass is 276 g/mol. The van der Waals surface area contributed by atoms with E-state index in [9.17, 15) is 4.39 Å². The van der Waals surface area contributed by atoms with Gasteiger partial charge in [0, 0.05) is 6.54 Å². The number of hydrogen-bond acceptors (Lipinski definition) is 3. The van der Waals surface area contributed by atoms with Crippen LogP contribution in [0.15, 0.2) is 21.9 Å². The summed E-state index contributed by atoms with van der Waals surface area (Å²) < 4.78 is 14.0. The van der Waals surface area contributed by atoms with Crippen LogP contribution < -0.4 is 0 Å². The first-order chi connectivity index (χ1) is 6.74. The molecule has 0 unspecified atom stereocenters. The molecule has 2 rings (SSSR count). The van der Waals surface area contributed by atoms with Gasteiger partial charge in [-0.25, -0.2) is 9.37 Å². The molecule has 0 radical (unpaired) electrons. The first-order valence-corrected chi connectivity index (χ1v) is 6.02. The van der Waals surface area contributed by atoms with Crippen molar-refractivity contribution in [1.29, 1.82) is 0 Å². The summed E-state index contributed by atoms with van der Waals surface area (Å²) in [5.74, 6) is -0.0214. The fraction of sp³-hybridized carbons (Fsp3) is 0.444. The molecule has 2 heterocycles. The smallest absolute Gasteiger partial charge is 0.110 e. The van der Waals surface area contributed by atoms with E-state index >= 15 is 0 Å². The van der Waals surface area contributed by atoms with E-state index in [1.165, 1.54) is 0 Å². The Bertz CT molecular complexity index is 350. The van der Waals surface area contributed by atoms with Crippen LogP contribution >= 0.6 is 27.3 Å². The maximum Gasteiger partial charge on any atom is 0.110 e. The predicted octanol–water partition coefficient (Wildman–Crippen LogP) is 2.96. The molecule has 0 fully saturated rings. The molecule has 0 amide bonds. The number of hydrogen-bond donors (Lipinski definition) is 0. The molecule has 1 aromatic heterocycles. The SMILES string of the molecule is FC1=CCCN(Cc2ncc(Br)s2)C1. The summed E-state index contributed by atoms with van der Waals surface area (Å²) in [6.45, 7) is 2.10. The van der Waals surface area contributed by atoms with Gasteiger partial charge >= 0.3 is 0 Å². The standard InChI is InChI=1S/C9H10BrFN2S/c10-8-4-12-9(14-8)6-13-3-1-2-7(11)5-13/h2,4H,1,3,5-6H2. The Morgan fingerprint density at radius 2 is 2.50 bits per heavy atom. The van der Waals surface area contributed by atoms with Crippen molar-refractivity contribution in [2.24, 2.45) is 0 Å². The van der Waals surface area contributed by atoms with Gasteiger partial charge in [0.05, 0.1) is 23.1 Å². The quantitative estimate of drug-likeness (QED) is 0.826. The molecule has 0 aliphatic carbocycles. The van der Waals surface area contributed by atoms with Crippen LogP contribution in [0.5, 0.6) is 0 Å². The largest absolute Gasteiger partial charge is 0.290 e. The van der Waals surface area contributed by atoms with Crippen molar-refractivity contribution in [1.82, 2.24) is 9.88 Å². The lowest BCUT2D eigenvalue weighted by atomic mass is 10.2. The molecular formula is C9H10BrFN2S. The van der Waals surface area contributed by atoms with Crippen LogP contribution in [0.4, 0.5) is 4.39 Å². The van der Waals surface area contributed by atoms with E-state index in [0.29, 0.717) is 6.54 Å². The molecule has 0 aromatic carbocycles. The number of thiazole rings is 1. The third-order valence-corrected chi connectivity index (χ3v) is 3.53. The average molecular weight is 277 g/mol. The highest BCUT2D eigenvalue weighted by molar-refractivity contribution is 9.11. The zero-order valence-corrected chi connectivity index (χ0v) is 9.94. The molecule has 0 N–H and O–H groups in total. The molecule has 0 saturated heterocycles. The zero-order chi connectivity index (χ0) is 9.97. The van der Waals surface area contributed by atoms with Gasteiger partial charge in [0.1, 0.15) is 10.8 Å². The van der Waals surface area contributed by atoms with Gasteiger partial charge < -0.3 is 0 Å². The highest BCUT2D eigenvalue weighted by Crippen LogP contribution is 2.21. The zero-order valence-electron chi connectivity index (χ0n) is 7.54. The minimum absolute atomic E-state index is 0.0214.